The molecule has 1 saturated heterocycles. The van der Waals surface area contributed by atoms with Crippen molar-refractivity contribution in [2.45, 2.75) is 39.3 Å². The molecule has 0 radical (unpaired) electrons. The molecule has 1 N–H and O–H groups in total. The van der Waals surface area contributed by atoms with E-state index in [1.807, 2.05) is 0 Å². The summed E-state index contributed by atoms with van der Waals surface area (Å²) in [4.78, 5) is 2.51. The predicted molar refractivity (Wildman–Crippen MR) is 59.6 cm³/mol. The van der Waals surface area contributed by atoms with Gasteiger partial charge in [-0.25, -0.2) is 0 Å². The molecule has 3 heteroatoms. The first-order chi connectivity index (χ1) is 6.74. The minimum absolute atomic E-state index is 0.400. The molecular weight excluding hydrogens is 176 g/mol. The van der Waals surface area contributed by atoms with Crippen LogP contribution >= 0.6 is 0 Å². The van der Waals surface area contributed by atoms with E-state index in [0.29, 0.717) is 12.1 Å². The van der Waals surface area contributed by atoms with E-state index in [1.54, 1.807) is 0 Å². The summed E-state index contributed by atoms with van der Waals surface area (Å²) in [6.07, 6.45) is 1.62. The number of ether oxygens (including phenoxy) is 1. The van der Waals surface area contributed by atoms with Crippen LogP contribution in [-0.2, 0) is 4.74 Å². The van der Waals surface area contributed by atoms with E-state index in [0.717, 1.165) is 32.8 Å². The van der Waals surface area contributed by atoms with Gasteiger partial charge in [0.2, 0.25) is 0 Å². The van der Waals surface area contributed by atoms with Crippen molar-refractivity contribution in [1.82, 2.24) is 10.2 Å². The van der Waals surface area contributed by atoms with Crippen molar-refractivity contribution >= 4 is 0 Å². The summed E-state index contributed by atoms with van der Waals surface area (Å²) in [6.45, 7) is 11.9. The first-order valence-electron chi connectivity index (χ1n) is 5.80. The van der Waals surface area contributed by atoms with E-state index in [2.05, 4.69) is 31.0 Å². The Morgan fingerprint density at radius 2 is 2.14 bits per heavy atom. The van der Waals surface area contributed by atoms with Crippen LogP contribution in [0.3, 0.4) is 0 Å². The number of hydrogen-bond donors (Lipinski definition) is 1. The zero-order valence-electron chi connectivity index (χ0n) is 9.75. The zero-order valence-corrected chi connectivity index (χ0v) is 9.75. The second kappa shape index (κ2) is 6.38. The smallest absolute Gasteiger partial charge is 0.0674 e. The summed E-state index contributed by atoms with van der Waals surface area (Å²) >= 11 is 0. The average Bonchev–Trinajstić information content (AvgIpc) is 2.18. The summed E-state index contributed by atoms with van der Waals surface area (Å²) in [5.41, 5.74) is 0. The SMILES string of the molecule is CCCNCCN1CC(C)OCC1C. The first-order valence-corrected chi connectivity index (χ1v) is 5.80. The van der Waals surface area contributed by atoms with Crippen LogP contribution in [0, 0.1) is 0 Å². The Balaban J connectivity index is 2.14. The summed E-state index contributed by atoms with van der Waals surface area (Å²) < 4.78 is 5.59. The van der Waals surface area contributed by atoms with Crippen LogP contribution < -0.4 is 5.32 Å². The molecule has 1 aliphatic rings. The normalized spacial score (nSPS) is 29.4. The topological polar surface area (TPSA) is 24.5 Å². The van der Waals surface area contributed by atoms with Gasteiger partial charge in [0, 0.05) is 25.7 Å². The molecule has 0 spiro atoms. The van der Waals surface area contributed by atoms with E-state index in [9.17, 15) is 0 Å². The van der Waals surface area contributed by atoms with Gasteiger partial charge in [0.25, 0.3) is 0 Å². The summed E-state index contributed by atoms with van der Waals surface area (Å²) in [6, 6.07) is 0.578. The Morgan fingerprint density at radius 1 is 1.36 bits per heavy atom. The lowest BCUT2D eigenvalue weighted by molar-refractivity contribution is -0.0485. The molecule has 0 aromatic carbocycles. The number of morpholine rings is 1. The molecule has 0 aromatic rings. The molecule has 84 valence electrons. The van der Waals surface area contributed by atoms with E-state index >= 15 is 0 Å². The molecule has 1 aliphatic heterocycles. The third-order valence-corrected chi connectivity index (χ3v) is 2.74. The molecule has 0 aliphatic carbocycles. The van der Waals surface area contributed by atoms with Crippen molar-refractivity contribution < 1.29 is 4.74 Å². The van der Waals surface area contributed by atoms with Crippen molar-refractivity contribution in [3.63, 3.8) is 0 Å². The highest BCUT2D eigenvalue weighted by Gasteiger charge is 2.22. The second-order valence-corrected chi connectivity index (χ2v) is 4.24. The number of nitrogens with zero attached hydrogens (tertiary/aromatic N) is 1. The van der Waals surface area contributed by atoms with Gasteiger partial charge in [0.15, 0.2) is 0 Å². The van der Waals surface area contributed by atoms with Crippen LogP contribution in [-0.4, -0.2) is 49.8 Å². The molecule has 1 rings (SSSR count). The summed E-state index contributed by atoms with van der Waals surface area (Å²) in [7, 11) is 0. The molecular formula is C11H24N2O. The largest absolute Gasteiger partial charge is 0.376 e. The lowest BCUT2D eigenvalue weighted by atomic mass is 10.2. The van der Waals surface area contributed by atoms with Crippen LogP contribution in [0.1, 0.15) is 27.2 Å². The van der Waals surface area contributed by atoms with Crippen LogP contribution in [0.4, 0.5) is 0 Å². The second-order valence-electron chi connectivity index (χ2n) is 4.24. The standard InChI is InChI=1S/C11H24N2O/c1-4-5-12-6-7-13-8-11(3)14-9-10(13)2/h10-12H,4-9H2,1-3H3. The maximum absolute atomic E-state index is 5.59. The van der Waals surface area contributed by atoms with E-state index in [4.69, 9.17) is 4.74 Å². The summed E-state index contributed by atoms with van der Waals surface area (Å²) in [5.74, 6) is 0. The highest BCUT2D eigenvalue weighted by atomic mass is 16.5. The van der Waals surface area contributed by atoms with Crippen molar-refractivity contribution in [2.75, 3.05) is 32.8 Å². The fourth-order valence-corrected chi connectivity index (χ4v) is 1.81. The molecule has 0 bridgehead atoms. The van der Waals surface area contributed by atoms with Crippen molar-refractivity contribution in [3.8, 4) is 0 Å². The molecule has 3 nitrogen and oxygen atoms in total. The van der Waals surface area contributed by atoms with E-state index in [-0.39, 0.29) is 0 Å². The Kier molecular flexibility index (Phi) is 5.45. The van der Waals surface area contributed by atoms with Gasteiger partial charge in [-0.05, 0) is 26.8 Å². The molecule has 2 atom stereocenters. The third-order valence-electron chi connectivity index (χ3n) is 2.74. The summed E-state index contributed by atoms with van der Waals surface area (Å²) in [5, 5.41) is 3.44. The van der Waals surface area contributed by atoms with Crippen molar-refractivity contribution in [3.05, 3.63) is 0 Å². The number of nitrogens with one attached hydrogen (secondary N) is 1. The molecule has 1 fully saturated rings. The molecule has 0 aromatic heterocycles. The van der Waals surface area contributed by atoms with Crippen LogP contribution in [0.5, 0.6) is 0 Å². The van der Waals surface area contributed by atoms with Gasteiger partial charge in [0.05, 0.1) is 12.7 Å². The number of hydrogen-bond acceptors (Lipinski definition) is 3. The van der Waals surface area contributed by atoms with Gasteiger partial charge in [-0.1, -0.05) is 6.92 Å². The fraction of sp³-hybridized carbons (Fsp3) is 1.00. The third kappa shape index (κ3) is 3.95. The molecule has 2 unspecified atom stereocenters. The van der Waals surface area contributed by atoms with E-state index < -0.39 is 0 Å². The average molecular weight is 200 g/mol. The minimum Gasteiger partial charge on any atom is -0.376 e. The molecule has 0 saturated carbocycles. The predicted octanol–water partition coefficient (Wildman–Crippen LogP) is 1.10. The van der Waals surface area contributed by atoms with Gasteiger partial charge >= 0.3 is 0 Å². The Labute approximate surface area is 87.8 Å². The zero-order chi connectivity index (χ0) is 10.4. The molecule has 14 heavy (non-hydrogen) atoms. The maximum atomic E-state index is 5.59. The van der Waals surface area contributed by atoms with Crippen LogP contribution in [0.15, 0.2) is 0 Å². The van der Waals surface area contributed by atoms with E-state index in [1.165, 1.54) is 6.42 Å². The Morgan fingerprint density at radius 3 is 2.86 bits per heavy atom. The first kappa shape index (κ1) is 12.0. The van der Waals surface area contributed by atoms with Crippen molar-refractivity contribution in [2.24, 2.45) is 0 Å². The fourth-order valence-electron chi connectivity index (χ4n) is 1.81. The van der Waals surface area contributed by atoms with Crippen LogP contribution in [0.25, 0.3) is 0 Å². The minimum atomic E-state index is 0.400. The highest BCUT2D eigenvalue weighted by molar-refractivity contribution is 4.75. The Bertz CT molecular complexity index is 152. The van der Waals surface area contributed by atoms with Gasteiger partial charge in [-0.15, -0.1) is 0 Å². The lowest BCUT2D eigenvalue weighted by Crippen LogP contribution is -2.49. The van der Waals surface area contributed by atoms with Crippen LogP contribution in [0.2, 0.25) is 0 Å². The maximum Gasteiger partial charge on any atom is 0.0674 e. The molecule has 0 amide bonds. The number of rotatable bonds is 5. The lowest BCUT2D eigenvalue weighted by Gasteiger charge is -2.36. The highest BCUT2D eigenvalue weighted by Crippen LogP contribution is 2.09. The quantitative estimate of drug-likeness (QED) is 0.673. The van der Waals surface area contributed by atoms with Gasteiger partial charge in [-0.3, -0.25) is 4.90 Å². The monoisotopic (exact) mass is 200 g/mol. The Hall–Kier alpha value is -0.120. The van der Waals surface area contributed by atoms with Crippen molar-refractivity contribution in [1.29, 1.82) is 0 Å². The van der Waals surface area contributed by atoms with Gasteiger partial charge in [-0.2, -0.15) is 0 Å². The van der Waals surface area contributed by atoms with Gasteiger partial charge < -0.3 is 10.1 Å². The molecule has 1 heterocycles. The van der Waals surface area contributed by atoms with Gasteiger partial charge in [0.1, 0.15) is 0 Å².